The maximum atomic E-state index is 11.7. The second-order valence-electron chi connectivity index (χ2n) is 6.33. The van der Waals surface area contributed by atoms with Crippen LogP contribution in [0.25, 0.3) is 0 Å². The minimum Gasteiger partial charge on any atom is -0.367 e. The van der Waals surface area contributed by atoms with Crippen LogP contribution in [0.3, 0.4) is 0 Å². The maximum absolute atomic E-state index is 11.7. The van der Waals surface area contributed by atoms with Crippen LogP contribution in [0.15, 0.2) is 0 Å². The van der Waals surface area contributed by atoms with Crippen molar-refractivity contribution in [3.05, 3.63) is 0 Å². The first-order valence-corrected chi connectivity index (χ1v) is 7.45. The summed E-state index contributed by atoms with van der Waals surface area (Å²) < 4.78 is 19.8. The van der Waals surface area contributed by atoms with E-state index in [0.717, 1.165) is 12.8 Å². The molecule has 5 nitrogen and oxygen atoms in total. The van der Waals surface area contributed by atoms with Gasteiger partial charge in [-0.15, -0.1) is 5.06 Å². The number of rotatable bonds is 3. The van der Waals surface area contributed by atoms with Crippen molar-refractivity contribution in [1.29, 1.82) is 0 Å². The third-order valence-corrected chi connectivity index (χ3v) is 4.17. The SMILES string of the molecule is CC1(CS(=O)O)CCN(OC(=O)C(C)(C)C)CC1. The van der Waals surface area contributed by atoms with Gasteiger partial charge >= 0.3 is 5.97 Å². The van der Waals surface area contributed by atoms with Gasteiger partial charge in [-0.2, -0.15) is 0 Å². The molecule has 0 radical (unpaired) electrons. The first-order chi connectivity index (χ1) is 8.12. The highest BCUT2D eigenvalue weighted by Gasteiger charge is 2.34. The van der Waals surface area contributed by atoms with Crippen molar-refractivity contribution in [2.75, 3.05) is 18.8 Å². The molecule has 1 N–H and O–H groups in total. The van der Waals surface area contributed by atoms with E-state index in [2.05, 4.69) is 0 Å². The third kappa shape index (κ3) is 4.66. The summed E-state index contributed by atoms with van der Waals surface area (Å²) in [6.45, 7) is 8.70. The summed E-state index contributed by atoms with van der Waals surface area (Å²) in [5, 5.41) is 1.66. The van der Waals surface area contributed by atoms with E-state index in [4.69, 9.17) is 9.39 Å². The van der Waals surface area contributed by atoms with Crippen LogP contribution >= 0.6 is 0 Å². The average molecular weight is 277 g/mol. The van der Waals surface area contributed by atoms with E-state index >= 15 is 0 Å². The smallest absolute Gasteiger partial charge is 0.330 e. The fraction of sp³-hybridized carbons (Fsp3) is 0.917. The molecule has 1 aliphatic heterocycles. The third-order valence-electron chi connectivity index (χ3n) is 3.23. The molecule has 1 atom stereocenters. The molecule has 0 bridgehead atoms. The molecule has 0 aromatic heterocycles. The van der Waals surface area contributed by atoms with Crippen LogP contribution in [0.1, 0.15) is 40.5 Å². The average Bonchev–Trinajstić information content (AvgIpc) is 2.19. The zero-order chi connectivity index (χ0) is 14.0. The lowest BCUT2D eigenvalue weighted by Gasteiger charge is -2.38. The van der Waals surface area contributed by atoms with E-state index in [9.17, 15) is 9.00 Å². The second-order valence-corrected chi connectivity index (χ2v) is 7.27. The number of carbonyl (C=O) groups excluding carboxylic acids is 1. The molecule has 1 heterocycles. The normalized spacial score (nSPS) is 22.5. The maximum Gasteiger partial charge on any atom is 0.330 e. The number of hydroxylamine groups is 2. The summed E-state index contributed by atoms with van der Waals surface area (Å²) in [5.41, 5.74) is -0.641. The Morgan fingerprint density at radius 3 is 2.28 bits per heavy atom. The largest absolute Gasteiger partial charge is 0.367 e. The van der Waals surface area contributed by atoms with Crippen LogP contribution in [0.4, 0.5) is 0 Å². The summed E-state index contributed by atoms with van der Waals surface area (Å²) in [7, 11) is 0. The van der Waals surface area contributed by atoms with E-state index in [1.807, 2.05) is 27.7 Å². The van der Waals surface area contributed by atoms with Crippen molar-refractivity contribution in [3.63, 3.8) is 0 Å². The second kappa shape index (κ2) is 5.67. The molecular weight excluding hydrogens is 254 g/mol. The lowest BCUT2D eigenvalue weighted by molar-refractivity contribution is -0.208. The molecule has 1 unspecified atom stereocenters. The van der Waals surface area contributed by atoms with Crippen LogP contribution in [-0.4, -0.2) is 38.6 Å². The molecule has 1 fully saturated rings. The van der Waals surface area contributed by atoms with Crippen LogP contribution in [0, 0.1) is 10.8 Å². The van der Waals surface area contributed by atoms with Gasteiger partial charge in [0.25, 0.3) is 0 Å². The lowest BCUT2D eigenvalue weighted by Crippen LogP contribution is -2.43. The molecule has 6 heteroatoms. The minimum absolute atomic E-state index is 0.135. The molecular formula is C12H23NO4S. The summed E-state index contributed by atoms with van der Waals surface area (Å²) in [6.07, 6.45) is 1.52. The molecule has 0 aromatic carbocycles. The Balaban J connectivity index is 2.45. The summed E-state index contributed by atoms with van der Waals surface area (Å²) >= 11 is -1.76. The Labute approximate surface area is 111 Å². The van der Waals surface area contributed by atoms with Gasteiger partial charge in [0.2, 0.25) is 0 Å². The van der Waals surface area contributed by atoms with Crippen LogP contribution < -0.4 is 0 Å². The molecule has 0 aromatic rings. The van der Waals surface area contributed by atoms with E-state index in [1.54, 1.807) is 5.06 Å². The van der Waals surface area contributed by atoms with Gasteiger partial charge in [0, 0.05) is 13.1 Å². The van der Waals surface area contributed by atoms with Crippen LogP contribution in [-0.2, 0) is 20.7 Å². The molecule has 0 saturated carbocycles. The molecule has 18 heavy (non-hydrogen) atoms. The van der Waals surface area contributed by atoms with Crippen molar-refractivity contribution in [2.24, 2.45) is 10.8 Å². The Morgan fingerprint density at radius 1 is 1.39 bits per heavy atom. The lowest BCUT2D eigenvalue weighted by atomic mass is 9.83. The van der Waals surface area contributed by atoms with Gasteiger partial charge in [-0.3, -0.25) is 0 Å². The summed E-state index contributed by atoms with van der Waals surface area (Å²) in [4.78, 5) is 17.0. The van der Waals surface area contributed by atoms with Gasteiger partial charge in [0.15, 0.2) is 11.1 Å². The van der Waals surface area contributed by atoms with Crippen LogP contribution in [0.2, 0.25) is 0 Å². The standard InChI is InChI=1S/C12H23NO4S/c1-11(2,3)10(14)17-13-7-5-12(4,6-8-13)9-18(15)16/h5-9H2,1-4H3,(H,15,16). The Kier molecular flexibility index (Phi) is 4.91. The quantitative estimate of drug-likeness (QED) is 0.797. The fourth-order valence-electron chi connectivity index (χ4n) is 1.81. The number of hydrogen-bond acceptors (Lipinski definition) is 4. The molecule has 1 aliphatic rings. The predicted octanol–water partition coefficient (Wildman–Crippen LogP) is 1.81. The highest BCUT2D eigenvalue weighted by molar-refractivity contribution is 7.79. The molecule has 0 aliphatic carbocycles. The van der Waals surface area contributed by atoms with Crippen molar-refractivity contribution in [2.45, 2.75) is 40.5 Å². The molecule has 0 amide bonds. The molecule has 1 rings (SSSR count). The Morgan fingerprint density at radius 2 is 1.89 bits per heavy atom. The van der Waals surface area contributed by atoms with Gasteiger partial charge in [0.1, 0.15) is 0 Å². The fourth-order valence-corrected chi connectivity index (χ4v) is 2.70. The zero-order valence-corrected chi connectivity index (χ0v) is 12.4. The zero-order valence-electron chi connectivity index (χ0n) is 11.6. The van der Waals surface area contributed by atoms with Gasteiger partial charge in [-0.1, -0.05) is 6.92 Å². The van der Waals surface area contributed by atoms with E-state index in [-0.39, 0.29) is 17.1 Å². The minimum atomic E-state index is -1.76. The highest BCUT2D eigenvalue weighted by Crippen LogP contribution is 2.32. The predicted molar refractivity (Wildman–Crippen MR) is 70.1 cm³/mol. The van der Waals surface area contributed by atoms with Gasteiger partial charge in [0.05, 0.1) is 11.2 Å². The van der Waals surface area contributed by atoms with E-state index in [1.165, 1.54) is 0 Å². The summed E-state index contributed by atoms with van der Waals surface area (Å²) in [5.74, 6) is 0.0467. The van der Waals surface area contributed by atoms with Gasteiger partial charge in [-0.05, 0) is 39.0 Å². The highest BCUT2D eigenvalue weighted by atomic mass is 32.2. The first kappa shape index (κ1) is 15.6. The first-order valence-electron chi connectivity index (χ1n) is 6.17. The van der Waals surface area contributed by atoms with Crippen molar-refractivity contribution in [3.8, 4) is 0 Å². The Hall–Kier alpha value is -0.460. The molecule has 0 spiro atoms. The monoisotopic (exact) mass is 277 g/mol. The molecule has 106 valence electrons. The number of carbonyl (C=O) groups is 1. The van der Waals surface area contributed by atoms with Crippen molar-refractivity contribution >= 4 is 17.0 Å². The molecule has 1 saturated heterocycles. The summed E-state index contributed by atoms with van der Waals surface area (Å²) in [6, 6.07) is 0. The van der Waals surface area contributed by atoms with Gasteiger partial charge in [-0.25, -0.2) is 9.00 Å². The van der Waals surface area contributed by atoms with Crippen LogP contribution in [0.5, 0.6) is 0 Å². The van der Waals surface area contributed by atoms with Crippen molar-refractivity contribution < 1.29 is 18.4 Å². The van der Waals surface area contributed by atoms with Gasteiger partial charge < -0.3 is 9.39 Å². The number of hydrogen-bond donors (Lipinski definition) is 1. The number of nitrogens with zero attached hydrogens (tertiary/aromatic N) is 1. The van der Waals surface area contributed by atoms with E-state index < -0.39 is 16.5 Å². The van der Waals surface area contributed by atoms with E-state index in [0.29, 0.717) is 13.1 Å². The number of piperidine rings is 1. The van der Waals surface area contributed by atoms with Crippen molar-refractivity contribution in [1.82, 2.24) is 5.06 Å². The topological polar surface area (TPSA) is 66.8 Å². The Bertz CT molecular complexity index is 329.